The summed E-state index contributed by atoms with van der Waals surface area (Å²) in [6, 6.07) is 10.8. The number of thiocarbonyl (C=S) groups is 1. The van der Waals surface area contributed by atoms with Gasteiger partial charge in [-0.2, -0.15) is 0 Å². The molecule has 1 fully saturated rings. The maximum atomic E-state index is 14.4. The number of halogens is 2. The Morgan fingerprint density at radius 2 is 1.82 bits per heavy atom. The summed E-state index contributed by atoms with van der Waals surface area (Å²) in [7, 11) is 1.95. The smallest absolute Gasteiger partial charge is 0.419 e. The third kappa shape index (κ3) is 5.16. The summed E-state index contributed by atoms with van der Waals surface area (Å²) in [5, 5.41) is 0.117. The van der Waals surface area contributed by atoms with Crippen LogP contribution in [0.2, 0.25) is 0 Å². The third-order valence-corrected chi connectivity index (χ3v) is 5.96. The van der Waals surface area contributed by atoms with Crippen LogP contribution < -0.4 is 9.64 Å². The number of carbonyl (C=O) groups is 1. The molecule has 1 aliphatic rings. The second-order valence-electron chi connectivity index (χ2n) is 9.23. The topological polar surface area (TPSA) is 43.7 Å². The normalized spacial score (nSPS) is 13.8. The van der Waals surface area contributed by atoms with Gasteiger partial charge in [-0.05, 0) is 70.0 Å². The van der Waals surface area contributed by atoms with Crippen molar-refractivity contribution in [2.75, 3.05) is 11.9 Å². The van der Waals surface area contributed by atoms with Crippen LogP contribution in [0.15, 0.2) is 42.5 Å². The van der Waals surface area contributed by atoms with Gasteiger partial charge in [-0.25, -0.2) is 18.1 Å². The molecule has 33 heavy (non-hydrogen) atoms. The molecular weight excluding hydrogens is 446 g/mol. The molecule has 0 unspecified atom stereocenters. The van der Waals surface area contributed by atoms with Crippen molar-refractivity contribution in [1.29, 1.82) is 0 Å². The van der Waals surface area contributed by atoms with Gasteiger partial charge in [0.1, 0.15) is 29.6 Å². The number of hydrogen-bond acceptors (Lipinski definition) is 4. The minimum absolute atomic E-state index is 0.0370. The fourth-order valence-electron chi connectivity index (χ4n) is 3.57. The van der Waals surface area contributed by atoms with Crippen molar-refractivity contribution in [3.8, 4) is 5.75 Å². The van der Waals surface area contributed by atoms with Crippen molar-refractivity contribution < 1.29 is 23.0 Å². The lowest BCUT2D eigenvalue weighted by molar-refractivity contribution is 0.0535. The molecule has 0 amide bonds. The van der Waals surface area contributed by atoms with Gasteiger partial charge in [0.15, 0.2) is 0 Å². The first kappa shape index (κ1) is 23.2. The average molecular weight is 473 g/mol. The molecule has 1 aromatic heterocycles. The quantitative estimate of drug-likeness (QED) is 0.399. The van der Waals surface area contributed by atoms with E-state index in [1.54, 1.807) is 20.8 Å². The highest BCUT2D eigenvalue weighted by atomic mass is 32.1. The van der Waals surface area contributed by atoms with Crippen LogP contribution in [0.25, 0.3) is 10.9 Å². The Kier molecular flexibility index (Phi) is 6.14. The fraction of sp³-hybridized carbons (Fsp3) is 0.360. The van der Waals surface area contributed by atoms with Crippen molar-refractivity contribution >= 4 is 39.9 Å². The summed E-state index contributed by atoms with van der Waals surface area (Å²) in [4.78, 5) is 15.8. The highest BCUT2D eigenvalue weighted by Gasteiger charge is 2.29. The molecule has 0 saturated heterocycles. The molecule has 0 atom stereocenters. The number of aromatic nitrogens is 1. The maximum Gasteiger partial charge on any atom is 0.419 e. The lowest BCUT2D eigenvalue weighted by Crippen LogP contribution is -2.28. The maximum absolute atomic E-state index is 14.4. The van der Waals surface area contributed by atoms with E-state index in [1.165, 1.54) is 6.07 Å². The Bertz CT molecular complexity index is 1210. The molecule has 8 heteroatoms. The first-order chi connectivity index (χ1) is 15.5. The predicted octanol–water partition coefficient (Wildman–Crippen LogP) is 6.46. The molecule has 0 radical (unpaired) electrons. The van der Waals surface area contributed by atoms with Gasteiger partial charge < -0.3 is 14.4 Å². The molecule has 0 bridgehead atoms. The Labute approximate surface area is 196 Å². The summed E-state index contributed by atoms with van der Waals surface area (Å²) in [6.45, 7) is 5.13. The van der Waals surface area contributed by atoms with E-state index in [2.05, 4.69) is 0 Å². The van der Waals surface area contributed by atoms with Gasteiger partial charge in [0, 0.05) is 30.1 Å². The van der Waals surface area contributed by atoms with E-state index in [4.69, 9.17) is 21.7 Å². The molecule has 1 aliphatic carbocycles. The number of anilines is 1. The Morgan fingerprint density at radius 3 is 2.42 bits per heavy atom. The number of carbonyl (C=O) groups excluding carboxylic acids is 1. The fourth-order valence-corrected chi connectivity index (χ4v) is 3.91. The van der Waals surface area contributed by atoms with Crippen molar-refractivity contribution in [3.05, 3.63) is 59.8 Å². The Morgan fingerprint density at radius 1 is 1.15 bits per heavy atom. The van der Waals surface area contributed by atoms with E-state index in [0.717, 1.165) is 40.2 Å². The number of nitrogens with zero attached hydrogens (tertiary/aromatic N) is 2. The van der Waals surface area contributed by atoms with Gasteiger partial charge in [0.2, 0.25) is 0 Å². The van der Waals surface area contributed by atoms with E-state index in [0.29, 0.717) is 17.4 Å². The first-order valence-corrected chi connectivity index (χ1v) is 11.2. The number of hydrogen-bond donors (Lipinski definition) is 0. The minimum atomic E-state index is -0.779. The molecule has 2 aromatic carbocycles. The number of rotatable bonds is 5. The predicted molar refractivity (Wildman–Crippen MR) is 128 cm³/mol. The zero-order valence-corrected chi connectivity index (χ0v) is 19.8. The molecule has 4 rings (SSSR count). The SMILES string of the molecule is CN(C(=S)C1CC1)c1ccc(OCc2cc3c(F)cc(F)cc3n2C(=O)OC(C)(C)C)cc1. The van der Waals surface area contributed by atoms with Gasteiger partial charge in [-0.1, -0.05) is 12.2 Å². The molecule has 0 aliphatic heterocycles. The standard InChI is InChI=1S/C25H26F2N2O3S/c1-25(2,3)32-24(30)29-18(13-20-21(27)11-16(26)12-22(20)29)14-31-19-9-7-17(8-10-19)28(4)23(33)15-5-6-15/h7-13,15H,5-6,14H2,1-4H3. The lowest BCUT2D eigenvalue weighted by atomic mass is 10.2. The van der Waals surface area contributed by atoms with Gasteiger partial charge >= 0.3 is 6.09 Å². The molecule has 5 nitrogen and oxygen atoms in total. The van der Waals surface area contributed by atoms with Gasteiger partial charge in [-0.15, -0.1) is 0 Å². The molecule has 0 N–H and O–H groups in total. The highest BCUT2D eigenvalue weighted by Crippen LogP contribution is 2.33. The van der Waals surface area contributed by atoms with E-state index >= 15 is 0 Å². The van der Waals surface area contributed by atoms with Gasteiger partial charge in [0.25, 0.3) is 0 Å². The molecule has 1 saturated carbocycles. The van der Waals surface area contributed by atoms with Crippen LogP contribution in [0.5, 0.6) is 5.75 Å². The van der Waals surface area contributed by atoms with Crippen LogP contribution in [-0.2, 0) is 11.3 Å². The van der Waals surface area contributed by atoms with E-state index in [9.17, 15) is 13.6 Å². The molecule has 1 heterocycles. The second-order valence-corrected chi connectivity index (χ2v) is 9.64. The minimum Gasteiger partial charge on any atom is -0.487 e. The number of benzene rings is 2. The highest BCUT2D eigenvalue weighted by molar-refractivity contribution is 7.80. The summed E-state index contributed by atoms with van der Waals surface area (Å²) < 4.78 is 40.8. The van der Waals surface area contributed by atoms with Crippen molar-refractivity contribution in [2.24, 2.45) is 5.92 Å². The van der Waals surface area contributed by atoms with Crippen molar-refractivity contribution in [2.45, 2.75) is 45.8 Å². The van der Waals surface area contributed by atoms with E-state index in [-0.39, 0.29) is 17.5 Å². The van der Waals surface area contributed by atoms with E-state index < -0.39 is 23.3 Å². The van der Waals surface area contributed by atoms with Crippen molar-refractivity contribution in [3.63, 3.8) is 0 Å². The second kappa shape index (κ2) is 8.74. The van der Waals surface area contributed by atoms with Gasteiger partial charge in [0.05, 0.1) is 16.2 Å². The largest absolute Gasteiger partial charge is 0.487 e. The van der Waals surface area contributed by atoms with Crippen LogP contribution in [0, 0.1) is 17.6 Å². The van der Waals surface area contributed by atoms with E-state index in [1.807, 2.05) is 36.2 Å². The third-order valence-electron chi connectivity index (χ3n) is 5.36. The lowest BCUT2D eigenvalue weighted by Gasteiger charge is -2.21. The van der Waals surface area contributed by atoms with Crippen LogP contribution >= 0.6 is 12.2 Å². The Balaban J connectivity index is 1.58. The molecule has 3 aromatic rings. The Hall–Kier alpha value is -3.00. The van der Waals surface area contributed by atoms with Crippen molar-refractivity contribution in [1.82, 2.24) is 4.57 Å². The molecule has 174 valence electrons. The summed E-state index contributed by atoms with van der Waals surface area (Å²) in [5.41, 5.74) is 0.617. The van der Waals surface area contributed by atoms with Gasteiger partial charge in [-0.3, -0.25) is 0 Å². The average Bonchev–Trinajstić information content (AvgIpc) is 3.51. The molecular formula is C25H26F2N2O3S. The summed E-state index contributed by atoms with van der Waals surface area (Å²) >= 11 is 5.51. The zero-order chi connectivity index (χ0) is 23.9. The van der Waals surface area contributed by atoms with Crippen LogP contribution in [0.4, 0.5) is 19.3 Å². The monoisotopic (exact) mass is 472 g/mol. The summed E-state index contributed by atoms with van der Waals surface area (Å²) in [5.74, 6) is -0.482. The summed E-state index contributed by atoms with van der Waals surface area (Å²) in [6.07, 6.45) is 1.55. The molecule has 0 spiro atoms. The number of ether oxygens (including phenoxy) is 2. The zero-order valence-electron chi connectivity index (χ0n) is 19.0. The first-order valence-electron chi connectivity index (χ1n) is 10.8. The number of fused-ring (bicyclic) bond motifs is 1. The van der Waals surface area contributed by atoms with Crippen LogP contribution in [0.1, 0.15) is 39.3 Å². The van der Waals surface area contributed by atoms with Crippen LogP contribution in [-0.4, -0.2) is 28.3 Å². The van der Waals surface area contributed by atoms with Crippen LogP contribution in [0.3, 0.4) is 0 Å².